The fourth-order valence-electron chi connectivity index (χ4n) is 2.90. The zero-order valence-electron chi connectivity index (χ0n) is 12.5. The molecule has 0 unspecified atom stereocenters. The van der Waals surface area contributed by atoms with Gasteiger partial charge in [0.2, 0.25) is 0 Å². The van der Waals surface area contributed by atoms with Crippen LogP contribution >= 0.6 is 0 Å². The van der Waals surface area contributed by atoms with Gasteiger partial charge in [-0.3, -0.25) is 14.8 Å². The Morgan fingerprint density at radius 2 is 2.05 bits per heavy atom. The largest absolute Gasteiger partial charge is 0.347 e. The van der Waals surface area contributed by atoms with E-state index in [4.69, 9.17) is 0 Å². The fraction of sp³-hybridized carbons (Fsp3) is 0.438. The highest BCUT2D eigenvalue weighted by molar-refractivity contribution is 5.92. The van der Waals surface area contributed by atoms with Gasteiger partial charge >= 0.3 is 0 Å². The lowest BCUT2D eigenvalue weighted by molar-refractivity contribution is 0.0702. The van der Waals surface area contributed by atoms with Crippen molar-refractivity contribution < 1.29 is 4.79 Å². The molecule has 3 heterocycles. The van der Waals surface area contributed by atoms with E-state index in [1.54, 1.807) is 6.20 Å². The summed E-state index contributed by atoms with van der Waals surface area (Å²) in [5.41, 5.74) is 2.76. The summed E-state index contributed by atoms with van der Waals surface area (Å²) >= 11 is 0. The Balaban J connectivity index is 1.65. The second-order valence-corrected chi connectivity index (χ2v) is 5.66. The summed E-state index contributed by atoms with van der Waals surface area (Å²) in [5.74, 6) is 0.533. The Bertz CT molecular complexity index is 641. The van der Waals surface area contributed by atoms with Crippen LogP contribution in [0.25, 0.3) is 0 Å². The zero-order valence-corrected chi connectivity index (χ0v) is 12.5. The van der Waals surface area contributed by atoms with Gasteiger partial charge in [0.1, 0.15) is 5.69 Å². The highest BCUT2D eigenvalue weighted by atomic mass is 16.2. The number of amides is 1. The molecule has 5 nitrogen and oxygen atoms in total. The van der Waals surface area contributed by atoms with Gasteiger partial charge in [-0.15, -0.1) is 0 Å². The predicted molar refractivity (Wildman–Crippen MR) is 80.1 cm³/mol. The molecule has 1 saturated heterocycles. The van der Waals surface area contributed by atoms with Crippen molar-refractivity contribution in [2.75, 3.05) is 13.1 Å². The summed E-state index contributed by atoms with van der Waals surface area (Å²) in [7, 11) is 1.91. The standard InChI is InChI=1S/C16H20N4O/c1-12-10-17-11-14(18-12)13-5-8-20(9-6-13)16(21)15-4-3-7-19(15)2/h3-4,7,10-11,13H,5-6,8-9H2,1-2H3. The third kappa shape index (κ3) is 2.82. The average molecular weight is 284 g/mol. The number of likely N-dealkylation sites (tertiary alicyclic amines) is 1. The van der Waals surface area contributed by atoms with Crippen LogP contribution in [-0.2, 0) is 7.05 Å². The molecular weight excluding hydrogens is 264 g/mol. The molecule has 1 amide bonds. The topological polar surface area (TPSA) is 51.0 Å². The molecule has 1 aliphatic heterocycles. The van der Waals surface area contributed by atoms with Gasteiger partial charge < -0.3 is 9.47 Å². The molecule has 1 fully saturated rings. The minimum absolute atomic E-state index is 0.122. The third-order valence-corrected chi connectivity index (χ3v) is 4.14. The average Bonchev–Trinajstić information content (AvgIpc) is 2.93. The number of aromatic nitrogens is 3. The van der Waals surface area contributed by atoms with Crippen LogP contribution in [0.4, 0.5) is 0 Å². The Morgan fingerprint density at radius 1 is 1.29 bits per heavy atom. The van der Waals surface area contributed by atoms with Crippen molar-refractivity contribution in [1.82, 2.24) is 19.4 Å². The van der Waals surface area contributed by atoms with Crippen LogP contribution in [0.2, 0.25) is 0 Å². The first-order chi connectivity index (χ1) is 10.1. The van der Waals surface area contributed by atoms with E-state index in [-0.39, 0.29) is 5.91 Å². The van der Waals surface area contributed by atoms with Gasteiger partial charge in [-0.25, -0.2) is 0 Å². The van der Waals surface area contributed by atoms with E-state index < -0.39 is 0 Å². The molecule has 0 bridgehead atoms. The number of carbonyl (C=O) groups is 1. The number of aryl methyl sites for hydroxylation is 2. The summed E-state index contributed by atoms with van der Waals surface area (Å²) < 4.78 is 1.88. The predicted octanol–water partition coefficient (Wildman–Crippen LogP) is 2.14. The molecule has 2 aromatic heterocycles. The number of hydrogen-bond donors (Lipinski definition) is 0. The summed E-state index contributed by atoms with van der Waals surface area (Å²) in [6, 6.07) is 3.78. The molecule has 2 aromatic rings. The maximum atomic E-state index is 12.5. The minimum Gasteiger partial charge on any atom is -0.347 e. The fourth-order valence-corrected chi connectivity index (χ4v) is 2.90. The van der Waals surface area contributed by atoms with Crippen LogP contribution in [0.5, 0.6) is 0 Å². The number of piperidine rings is 1. The summed E-state index contributed by atoms with van der Waals surface area (Å²) in [6.45, 7) is 3.53. The van der Waals surface area contributed by atoms with Crippen molar-refractivity contribution in [1.29, 1.82) is 0 Å². The van der Waals surface area contributed by atoms with Crippen LogP contribution < -0.4 is 0 Å². The van der Waals surface area contributed by atoms with Crippen molar-refractivity contribution in [2.45, 2.75) is 25.7 Å². The molecule has 5 heteroatoms. The van der Waals surface area contributed by atoms with E-state index in [9.17, 15) is 4.79 Å². The second-order valence-electron chi connectivity index (χ2n) is 5.66. The van der Waals surface area contributed by atoms with Crippen LogP contribution in [0.15, 0.2) is 30.7 Å². The highest BCUT2D eigenvalue weighted by Crippen LogP contribution is 2.27. The van der Waals surface area contributed by atoms with E-state index in [1.165, 1.54) is 0 Å². The summed E-state index contributed by atoms with van der Waals surface area (Å²) in [4.78, 5) is 23.2. The minimum atomic E-state index is 0.122. The lowest BCUT2D eigenvalue weighted by atomic mass is 9.93. The molecule has 0 saturated carbocycles. The summed E-state index contributed by atoms with van der Waals surface area (Å²) in [6.07, 6.45) is 7.44. The molecule has 0 aromatic carbocycles. The second kappa shape index (κ2) is 5.68. The molecule has 0 N–H and O–H groups in total. The van der Waals surface area contributed by atoms with Crippen LogP contribution in [-0.4, -0.2) is 38.4 Å². The van der Waals surface area contributed by atoms with Crippen LogP contribution in [0, 0.1) is 6.92 Å². The first-order valence-electron chi connectivity index (χ1n) is 7.34. The quantitative estimate of drug-likeness (QED) is 0.849. The van der Waals surface area contributed by atoms with Crippen LogP contribution in [0.3, 0.4) is 0 Å². The zero-order chi connectivity index (χ0) is 14.8. The Kier molecular flexibility index (Phi) is 3.73. The summed E-state index contributed by atoms with van der Waals surface area (Å²) in [5, 5.41) is 0. The molecule has 0 atom stereocenters. The monoisotopic (exact) mass is 284 g/mol. The molecule has 0 radical (unpaired) electrons. The van der Waals surface area contributed by atoms with Crippen molar-refractivity contribution >= 4 is 5.91 Å². The molecule has 110 valence electrons. The lowest BCUT2D eigenvalue weighted by Gasteiger charge is -2.31. The molecular formula is C16H20N4O. The van der Waals surface area contributed by atoms with E-state index in [0.29, 0.717) is 5.92 Å². The van der Waals surface area contributed by atoms with Crippen LogP contribution in [0.1, 0.15) is 40.6 Å². The molecule has 1 aliphatic rings. The van der Waals surface area contributed by atoms with Gasteiger partial charge in [-0.2, -0.15) is 0 Å². The van der Waals surface area contributed by atoms with Crippen molar-refractivity contribution in [2.24, 2.45) is 7.05 Å². The van der Waals surface area contributed by atoms with Gasteiger partial charge in [0, 0.05) is 44.6 Å². The Labute approximate surface area is 124 Å². The first kappa shape index (κ1) is 13.8. The van der Waals surface area contributed by atoms with E-state index in [2.05, 4.69) is 9.97 Å². The Morgan fingerprint density at radius 3 is 2.67 bits per heavy atom. The lowest BCUT2D eigenvalue weighted by Crippen LogP contribution is -2.38. The molecule has 0 spiro atoms. The Hall–Kier alpha value is -2.17. The van der Waals surface area contributed by atoms with Crippen molar-refractivity contribution in [3.8, 4) is 0 Å². The highest BCUT2D eigenvalue weighted by Gasteiger charge is 2.26. The van der Waals surface area contributed by atoms with E-state index in [1.807, 2.05) is 48.0 Å². The van der Waals surface area contributed by atoms with E-state index >= 15 is 0 Å². The normalized spacial score (nSPS) is 16.2. The van der Waals surface area contributed by atoms with Gasteiger partial charge in [-0.1, -0.05) is 0 Å². The maximum Gasteiger partial charge on any atom is 0.270 e. The van der Waals surface area contributed by atoms with Gasteiger partial charge in [-0.05, 0) is 31.9 Å². The van der Waals surface area contributed by atoms with E-state index in [0.717, 1.165) is 43.0 Å². The molecule has 0 aliphatic carbocycles. The number of nitrogens with zero attached hydrogens (tertiary/aromatic N) is 4. The molecule has 21 heavy (non-hydrogen) atoms. The maximum absolute atomic E-state index is 12.5. The number of rotatable bonds is 2. The smallest absolute Gasteiger partial charge is 0.270 e. The van der Waals surface area contributed by atoms with Crippen molar-refractivity contribution in [3.05, 3.63) is 47.8 Å². The first-order valence-corrected chi connectivity index (χ1v) is 7.34. The van der Waals surface area contributed by atoms with Gasteiger partial charge in [0.05, 0.1) is 11.4 Å². The van der Waals surface area contributed by atoms with Gasteiger partial charge in [0.15, 0.2) is 0 Å². The molecule has 3 rings (SSSR count). The SMILES string of the molecule is Cc1cncc(C2CCN(C(=O)c3cccn3C)CC2)n1. The third-order valence-electron chi connectivity index (χ3n) is 4.14. The number of carbonyl (C=O) groups excluding carboxylic acids is 1. The van der Waals surface area contributed by atoms with Crippen molar-refractivity contribution in [3.63, 3.8) is 0 Å². The number of hydrogen-bond acceptors (Lipinski definition) is 3. The van der Waals surface area contributed by atoms with Gasteiger partial charge in [0.25, 0.3) is 5.91 Å².